The van der Waals surface area contributed by atoms with Crippen LogP contribution in [0.2, 0.25) is 0 Å². The second-order valence-corrected chi connectivity index (χ2v) is 6.45. The van der Waals surface area contributed by atoms with Crippen molar-refractivity contribution < 1.29 is 4.79 Å². The third kappa shape index (κ3) is 4.57. The first-order valence-corrected chi connectivity index (χ1v) is 8.25. The molecular weight excluding hydrogens is 260 g/mol. The molecule has 0 saturated carbocycles. The van der Waals surface area contributed by atoms with Crippen molar-refractivity contribution in [1.29, 1.82) is 0 Å². The molecule has 0 bridgehead atoms. The number of amides is 1. The number of rotatable bonds is 6. The number of aryl methyl sites for hydroxylation is 1. The summed E-state index contributed by atoms with van der Waals surface area (Å²) < 4.78 is 0. The van der Waals surface area contributed by atoms with Crippen LogP contribution in [0.15, 0.2) is 18.2 Å². The molecular formula is C18H28N2O. The number of benzene rings is 1. The van der Waals surface area contributed by atoms with Crippen LogP contribution >= 0.6 is 0 Å². The van der Waals surface area contributed by atoms with Gasteiger partial charge in [-0.3, -0.25) is 4.79 Å². The van der Waals surface area contributed by atoms with Crippen LogP contribution in [0.3, 0.4) is 0 Å². The summed E-state index contributed by atoms with van der Waals surface area (Å²) in [5, 5.41) is 3.14. The zero-order valence-corrected chi connectivity index (χ0v) is 13.3. The van der Waals surface area contributed by atoms with Crippen molar-refractivity contribution in [3.05, 3.63) is 29.3 Å². The van der Waals surface area contributed by atoms with Crippen LogP contribution in [0.4, 0.5) is 5.69 Å². The lowest BCUT2D eigenvalue weighted by Gasteiger charge is -2.21. The van der Waals surface area contributed by atoms with Crippen LogP contribution in [0, 0.1) is 5.92 Å². The third-order valence-electron chi connectivity index (χ3n) is 4.40. The molecule has 0 heterocycles. The minimum Gasteiger partial charge on any atom is -0.328 e. The fourth-order valence-corrected chi connectivity index (χ4v) is 3.03. The van der Waals surface area contributed by atoms with Gasteiger partial charge in [-0.25, -0.2) is 0 Å². The minimum absolute atomic E-state index is 0.0446. The summed E-state index contributed by atoms with van der Waals surface area (Å²) >= 11 is 0. The van der Waals surface area contributed by atoms with Gasteiger partial charge in [0.25, 0.3) is 0 Å². The molecule has 21 heavy (non-hydrogen) atoms. The second kappa shape index (κ2) is 7.60. The predicted molar refractivity (Wildman–Crippen MR) is 88.4 cm³/mol. The van der Waals surface area contributed by atoms with E-state index in [9.17, 15) is 4.79 Å². The van der Waals surface area contributed by atoms with E-state index >= 15 is 0 Å². The fourth-order valence-electron chi connectivity index (χ4n) is 3.03. The molecule has 1 aliphatic rings. The van der Waals surface area contributed by atoms with Crippen molar-refractivity contribution in [2.24, 2.45) is 11.7 Å². The Morgan fingerprint density at radius 3 is 2.76 bits per heavy atom. The van der Waals surface area contributed by atoms with Gasteiger partial charge < -0.3 is 11.1 Å². The van der Waals surface area contributed by atoms with Crippen molar-refractivity contribution in [3.8, 4) is 0 Å². The summed E-state index contributed by atoms with van der Waals surface area (Å²) in [6.45, 7) is 4.02. The Balaban J connectivity index is 1.93. The van der Waals surface area contributed by atoms with Gasteiger partial charge in [-0.1, -0.05) is 25.5 Å². The van der Waals surface area contributed by atoms with Crippen LogP contribution in [0.5, 0.6) is 0 Å². The molecule has 0 saturated heterocycles. The first kappa shape index (κ1) is 16.0. The molecule has 0 aliphatic heterocycles. The van der Waals surface area contributed by atoms with E-state index < -0.39 is 0 Å². The average molecular weight is 288 g/mol. The molecule has 1 aliphatic carbocycles. The molecule has 0 aromatic heterocycles. The minimum atomic E-state index is 0.0446. The number of carbonyl (C=O) groups excluding carboxylic acids is 1. The SMILES string of the molecule is CC(N)CCCC(C)C(=O)Nc1cccc2c1CCCC2. The molecule has 3 nitrogen and oxygen atoms in total. The zero-order chi connectivity index (χ0) is 15.2. The Morgan fingerprint density at radius 2 is 2.00 bits per heavy atom. The van der Waals surface area contributed by atoms with Gasteiger partial charge in [0.15, 0.2) is 0 Å². The maximum Gasteiger partial charge on any atom is 0.227 e. The van der Waals surface area contributed by atoms with Crippen LogP contribution < -0.4 is 11.1 Å². The van der Waals surface area contributed by atoms with Gasteiger partial charge in [-0.15, -0.1) is 0 Å². The Bertz CT molecular complexity index is 482. The Hall–Kier alpha value is -1.35. The molecule has 1 amide bonds. The summed E-state index contributed by atoms with van der Waals surface area (Å²) in [6.07, 6.45) is 7.62. The van der Waals surface area contributed by atoms with E-state index in [1.165, 1.54) is 24.0 Å². The molecule has 0 radical (unpaired) electrons. The van der Waals surface area contributed by atoms with Crippen LogP contribution in [0.25, 0.3) is 0 Å². The number of anilines is 1. The van der Waals surface area contributed by atoms with Gasteiger partial charge in [0.1, 0.15) is 0 Å². The molecule has 1 aromatic carbocycles. The first-order chi connectivity index (χ1) is 10.1. The summed E-state index contributed by atoms with van der Waals surface area (Å²) in [4.78, 5) is 12.3. The van der Waals surface area contributed by atoms with E-state index in [1.807, 2.05) is 19.9 Å². The quantitative estimate of drug-likeness (QED) is 0.839. The average Bonchev–Trinajstić information content (AvgIpc) is 2.47. The lowest BCUT2D eigenvalue weighted by atomic mass is 9.90. The second-order valence-electron chi connectivity index (χ2n) is 6.45. The molecule has 0 fully saturated rings. The Kier molecular flexibility index (Phi) is 5.80. The summed E-state index contributed by atoms with van der Waals surface area (Å²) in [6, 6.07) is 6.51. The molecule has 1 aromatic rings. The number of fused-ring (bicyclic) bond motifs is 1. The highest BCUT2D eigenvalue weighted by Crippen LogP contribution is 2.28. The van der Waals surface area contributed by atoms with E-state index in [0.29, 0.717) is 0 Å². The number of nitrogens with two attached hydrogens (primary N) is 1. The van der Waals surface area contributed by atoms with Gasteiger partial charge in [0.2, 0.25) is 5.91 Å². The molecule has 2 rings (SSSR count). The van der Waals surface area contributed by atoms with Crippen molar-refractivity contribution >= 4 is 11.6 Å². The predicted octanol–water partition coefficient (Wildman–Crippen LogP) is 3.66. The van der Waals surface area contributed by atoms with Gasteiger partial charge in [-0.2, -0.15) is 0 Å². The number of hydrogen-bond donors (Lipinski definition) is 2. The van der Waals surface area contributed by atoms with Crippen molar-refractivity contribution in [2.75, 3.05) is 5.32 Å². The summed E-state index contributed by atoms with van der Waals surface area (Å²) in [5.41, 5.74) is 9.53. The highest BCUT2D eigenvalue weighted by atomic mass is 16.1. The number of hydrogen-bond acceptors (Lipinski definition) is 2. The maximum atomic E-state index is 12.3. The van der Waals surface area contributed by atoms with Gasteiger partial charge in [0.05, 0.1) is 0 Å². The molecule has 116 valence electrons. The largest absolute Gasteiger partial charge is 0.328 e. The Labute approximate surface area is 128 Å². The Morgan fingerprint density at radius 1 is 1.24 bits per heavy atom. The highest BCUT2D eigenvalue weighted by Gasteiger charge is 2.17. The third-order valence-corrected chi connectivity index (χ3v) is 4.40. The van der Waals surface area contributed by atoms with Gasteiger partial charge in [0, 0.05) is 17.6 Å². The van der Waals surface area contributed by atoms with Crippen LogP contribution in [-0.4, -0.2) is 11.9 Å². The normalized spacial score (nSPS) is 16.9. The van der Waals surface area contributed by atoms with Crippen molar-refractivity contribution in [1.82, 2.24) is 0 Å². The molecule has 3 heteroatoms. The lowest BCUT2D eigenvalue weighted by molar-refractivity contribution is -0.119. The van der Waals surface area contributed by atoms with Gasteiger partial charge in [-0.05, 0) is 62.6 Å². The molecule has 2 atom stereocenters. The fraction of sp³-hybridized carbons (Fsp3) is 0.611. The maximum absolute atomic E-state index is 12.3. The van der Waals surface area contributed by atoms with Gasteiger partial charge >= 0.3 is 0 Å². The van der Waals surface area contributed by atoms with E-state index in [2.05, 4.69) is 17.4 Å². The van der Waals surface area contributed by atoms with Crippen LogP contribution in [0.1, 0.15) is 57.1 Å². The molecule has 0 spiro atoms. The standard InChI is InChI=1S/C18H28N2O/c1-13(7-5-8-14(2)19)18(21)20-17-12-6-10-15-9-3-4-11-16(15)17/h6,10,12-14H,3-5,7-9,11,19H2,1-2H3,(H,20,21). The van der Waals surface area contributed by atoms with E-state index in [4.69, 9.17) is 5.73 Å². The number of nitrogens with one attached hydrogen (secondary N) is 1. The molecule has 3 N–H and O–H groups in total. The van der Waals surface area contributed by atoms with E-state index in [1.54, 1.807) is 0 Å². The summed E-state index contributed by atoms with van der Waals surface area (Å²) in [7, 11) is 0. The monoisotopic (exact) mass is 288 g/mol. The molecule has 2 unspecified atom stereocenters. The topological polar surface area (TPSA) is 55.1 Å². The highest BCUT2D eigenvalue weighted by molar-refractivity contribution is 5.93. The zero-order valence-electron chi connectivity index (χ0n) is 13.3. The van der Waals surface area contributed by atoms with E-state index in [0.717, 1.165) is 37.8 Å². The summed E-state index contributed by atoms with van der Waals surface area (Å²) in [5.74, 6) is 0.182. The van der Waals surface area contributed by atoms with Crippen LogP contribution in [-0.2, 0) is 17.6 Å². The van der Waals surface area contributed by atoms with E-state index in [-0.39, 0.29) is 17.9 Å². The smallest absolute Gasteiger partial charge is 0.227 e. The first-order valence-electron chi connectivity index (χ1n) is 8.25. The van der Waals surface area contributed by atoms with Crippen molar-refractivity contribution in [2.45, 2.75) is 64.8 Å². The number of carbonyl (C=O) groups is 1. The van der Waals surface area contributed by atoms with Crippen molar-refractivity contribution in [3.63, 3.8) is 0 Å². The lowest BCUT2D eigenvalue weighted by Crippen LogP contribution is -2.22.